The van der Waals surface area contributed by atoms with Gasteiger partial charge in [-0.15, -0.1) is 0 Å². The third-order valence-corrected chi connectivity index (χ3v) is 9.03. The maximum atomic E-state index is 2.51. The Balaban J connectivity index is 3.14. The quantitative estimate of drug-likeness (QED) is 0.0734. The molecule has 0 heterocycles. The summed E-state index contributed by atoms with van der Waals surface area (Å²) >= 11 is 0. The molecule has 0 rings (SSSR count). The van der Waals surface area contributed by atoms with E-state index in [1.807, 2.05) is 0 Å². The Morgan fingerprint density at radius 1 is 0.263 bits per heavy atom. The minimum absolute atomic E-state index is 0.895. The molecule has 0 radical (unpaired) electrons. The van der Waals surface area contributed by atoms with Crippen LogP contribution in [0.4, 0.5) is 0 Å². The van der Waals surface area contributed by atoms with Gasteiger partial charge in [0.1, 0.15) is 0 Å². The van der Waals surface area contributed by atoms with Crippen LogP contribution < -0.4 is 0 Å². The molecule has 0 fully saturated rings. The fraction of sp³-hybridized carbons (Fsp3) is 1.00. The van der Waals surface area contributed by atoms with E-state index in [4.69, 9.17) is 0 Å². The normalized spacial score (nSPS) is 12.6. The van der Waals surface area contributed by atoms with Gasteiger partial charge in [-0.05, 0) is 11.8 Å². The molecule has 0 spiro atoms. The first kappa shape index (κ1) is 38.0. The molecule has 1 atom stereocenters. The second-order valence-electron chi connectivity index (χ2n) is 13.8. The first-order valence-corrected chi connectivity index (χ1v) is 18.7. The molecule has 0 aromatic carbocycles. The van der Waals surface area contributed by atoms with Crippen LogP contribution in [0.3, 0.4) is 0 Å². The Kier molecular flexibility index (Phi) is 33.2. The Labute approximate surface area is 244 Å². The predicted molar refractivity (Wildman–Crippen MR) is 177 cm³/mol. The lowest BCUT2D eigenvalue weighted by atomic mass is 9.95. The van der Waals surface area contributed by atoms with Crippen molar-refractivity contribution in [2.45, 2.75) is 233 Å². The molecule has 0 aromatic heterocycles. The molecule has 0 amide bonds. The minimum atomic E-state index is 0.895. The summed E-state index contributed by atoms with van der Waals surface area (Å²) in [6, 6.07) is 0. The van der Waals surface area contributed by atoms with Gasteiger partial charge in [0.15, 0.2) is 0 Å². The van der Waals surface area contributed by atoms with Crippen LogP contribution in [0.15, 0.2) is 0 Å². The van der Waals surface area contributed by atoms with Gasteiger partial charge in [0.2, 0.25) is 0 Å². The van der Waals surface area contributed by atoms with E-state index in [-0.39, 0.29) is 0 Å². The van der Waals surface area contributed by atoms with Crippen LogP contribution in [0.1, 0.15) is 233 Å². The molecule has 0 heteroatoms. The van der Waals surface area contributed by atoms with Gasteiger partial charge in [-0.3, -0.25) is 0 Å². The molecule has 0 bridgehead atoms. The van der Waals surface area contributed by atoms with Gasteiger partial charge in [-0.25, -0.2) is 0 Å². The van der Waals surface area contributed by atoms with E-state index in [0.717, 1.165) is 11.8 Å². The van der Waals surface area contributed by atoms with Gasteiger partial charge < -0.3 is 0 Å². The second kappa shape index (κ2) is 33.2. The Bertz CT molecular complexity index is 397. The maximum Gasteiger partial charge on any atom is -0.0443 e. The zero-order chi connectivity index (χ0) is 27.8. The van der Waals surface area contributed by atoms with Gasteiger partial charge in [0, 0.05) is 0 Å². The van der Waals surface area contributed by atoms with E-state index in [1.54, 1.807) is 0 Å². The molecule has 0 aliphatic carbocycles. The summed E-state index contributed by atoms with van der Waals surface area (Å²) in [6.45, 7) is 9.52. The predicted octanol–water partition coefficient (Wildman–Crippen LogP) is 14.8. The molecule has 0 nitrogen and oxygen atoms in total. The van der Waals surface area contributed by atoms with E-state index >= 15 is 0 Å². The lowest BCUT2D eigenvalue weighted by molar-refractivity contribution is 0.429. The standard InChI is InChI=1S/C38H78/c1-5-6-7-8-9-10-11-12-13-14-17-20-23-26-29-32-35-38(4)36-33-30-27-24-21-18-15-16-19-22-25-28-31-34-37(2)3/h37-38H,5-36H2,1-4H3. The molecule has 0 aliphatic rings. The van der Waals surface area contributed by atoms with Crippen molar-refractivity contribution in [3.8, 4) is 0 Å². The third-order valence-electron chi connectivity index (χ3n) is 9.03. The van der Waals surface area contributed by atoms with Crippen molar-refractivity contribution in [2.24, 2.45) is 11.8 Å². The SMILES string of the molecule is CCCCCCCCCCCCCCCCCCC(C)CCCCCCCCCCCCCCCC(C)C. The molecule has 38 heavy (non-hydrogen) atoms. The summed E-state index contributed by atoms with van der Waals surface area (Å²) in [5.41, 5.74) is 0. The Morgan fingerprint density at radius 3 is 0.711 bits per heavy atom. The van der Waals surface area contributed by atoms with Crippen molar-refractivity contribution in [3.05, 3.63) is 0 Å². The van der Waals surface area contributed by atoms with Crippen molar-refractivity contribution < 1.29 is 0 Å². The monoisotopic (exact) mass is 535 g/mol. The Morgan fingerprint density at radius 2 is 0.474 bits per heavy atom. The zero-order valence-corrected chi connectivity index (χ0v) is 27.8. The third kappa shape index (κ3) is 34.0. The summed E-state index contributed by atoms with van der Waals surface area (Å²) in [6.07, 6.45) is 47.3. The van der Waals surface area contributed by atoms with Crippen molar-refractivity contribution in [2.75, 3.05) is 0 Å². The molecule has 230 valence electrons. The lowest BCUT2D eigenvalue weighted by Gasteiger charge is -2.11. The molecule has 0 N–H and O–H groups in total. The van der Waals surface area contributed by atoms with E-state index in [0.29, 0.717) is 0 Å². The summed E-state index contributed by atoms with van der Waals surface area (Å²) in [7, 11) is 0. The smallest absolute Gasteiger partial charge is 0.0443 e. The maximum absolute atomic E-state index is 2.51. The molecule has 0 saturated carbocycles. The summed E-state index contributed by atoms with van der Waals surface area (Å²) in [5.74, 6) is 1.86. The van der Waals surface area contributed by atoms with Crippen LogP contribution in [0.5, 0.6) is 0 Å². The van der Waals surface area contributed by atoms with Crippen LogP contribution in [0.25, 0.3) is 0 Å². The summed E-state index contributed by atoms with van der Waals surface area (Å²) in [5, 5.41) is 0. The molecular weight excluding hydrogens is 456 g/mol. The largest absolute Gasteiger partial charge is 0.0654 e. The highest BCUT2D eigenvalue weighted by Crippen LogP contribution is 2.20. The van der Waals surface area contributed by atoms with E-state index < -0.39 is 0 Å². The molecule has 0 saturated heterocycles. The zero-order valence-electron chi connectivity index (χ0n) is 27.8. The first-order valence-electron chi connectivity index (χ1n) is 18.7. The minimum Gasteiger partial charge on any atom is -0.0654 e. The second-order valence-corrected chi connectivity index (χ2v) is 13.8. The highest BCUT2D eigenvalue weighted by atomic mass is 14.1. The Hall–Kier alpha value is 0. The topological polar surface area (TPSA) is 0 Å². The van der Waals surface area contributed by atoms with E-state index in [9.17, 15) is 0 Å². The van der Waals surface area contributed by atoms with Crippen LogP contribution in [-0.2, 0) is 0 Å². The number of rotatable bonds is 33. The van der Waals surface area contributed by atoms with Crippen molar-refractivity contribution in [3.63, 3.8) is 0 Å². The van der Waals surface area contributed by atoms with Gasteiger partial charge >= 0.3 is 0 Å². The molecule has 1 unspecified atom stereocenters. The van der Waals surface area contributed by atoms with Gasteiger partial charge in [-0.1, -0.05) is 233 Å². The van der Waals surface area contributed by atoms with Gasteiger partial charge in [0.05, 0.1) is 0 Å². The number of unbranched alkanes of at least 4 members (excludes halogenated alkanes) is 27. The summed E-state index contributed by atoms with van der Waals surface area (Å²) < 4.78 is 0. The molecule has 0 aromatic rings. The van der Waals surface area contributed by atoms with Crippen molar-refractivity contribution >= 4 is 0 Å². The van der Waals surface area contributed by atoms with Crippen LogP contribution >= 0.6 is 0 Å². The van der Waals surface area contributed by atoms with Crippen molar-refractivity contribution in [1.29, 1.82) is 0 Å². The highest BCUT2D eigenvalue weighted by molar-refractivity contribution is 4.57. The van der Waals surface area contributed by atoms with Crippen LogP contribution in [0, 0.1) is 11.8 Å². The lowest BCUT2D eigenvalue weighted by Crippen LogP contribution is -1.95. The highest BCUT2D eigenvalue weighted by Gasteiger charge is 2.02. The average Bonchev–Trinajstić information content (AvgIpc) is 2.90. The molecular formula is C38H78. The van der Waals surface area contributed by atoms with Crippen molar-refractivity contribution in [1.82, 2.24) is 0 Å². The number of hydrogen-bond acceptors (Lipinski definition) is 0. The number of hydrogen-bond donors (Lipinski definition) is 0. The van der Waals surface area contributed by atoms with Gasteiger partial charge in [-0.2, -0.15) is 0 Å². The summed E-state index contributed by atoms with van der Waals surface area (Å²) in [4.78, 5) is 0. The molecule has 0 aliphatic heterocycles. The van der Waals surface area contributed by atoms with E-state index in [1.165, 1.54) is 205 Å². The fourth-order valence-corrected chi connectivity index (χ4v) is 6.18. The van der Waals surface area contributed by atoms with Gasteiger partial charge in [0.25, 0.3) is 0 Å². The van der Waals surface area contributed by atoms with E-state index in [2.05, 4.69) is 27.7 Å². The first-order chi connectivity index (χ1) is 18.7. The van der Waals surface area contributed by atoms with Crippen LogP contribution in [0.2, 0.25) is 0 Å². The fourth-order valence-electron chi connectivity index (χ4n) is 6.18. The average molecular weight is 535 g/mol. The van der Waals surface area contributed by atoms with Crippen LogP contribution in [-0.4, -0.2) is 0 Å².